The minimum Gasteiger partial charge on any atom is -0.497 e. The molecule has 0 radical (unpaired) electrons. The van der Waals surface area contributed by atoms with E-state index >= 15 is 0 Å². The molecule has 0 fully saturated rings. The highest BCUT2D eigenvalue weighted by Crippen LogP contribution is 2.32. The second kappa shape index (κ2) is 7.15. The third-order valence-electron chi connectivity index (χ3n) is 3.82. The van der Waals surface area contributed by atoms with E-state index < -0.39 is 0 Å². The molecule has 5 nitrogen and oxygen atoms in total. The van der Waals surface area contributed by atoms with Crippen LogP contribution in [0.5, 0.6) is 11.5 Å². The quantitative estimate of drug-likeness (QED) is 0.456. The van der Waals surface area contributed by atoms with Gasteiger partial charge >= 0.3 is 0 Å². The van der Waals surface area contributed by atoms with Gasteiger partial charge < -0.3 is 9.47 Å². The summed E-state index contributed by atoms with van der Waals surface area (Å²) in [6.07, 6.45) is 5.48. The Balaban J connectivity index is 2.36. The van der Waals surface area contributed by atoms with Crippen molar-refractivity contribution >= 4 is 33.5 Å². The maximum absolute atomic E-state index is 12.9. The standard InChI is InChI=1S/C19H15IN2O3/c1-4-9-22-18(14-7-6-13(24-2)11-17(14)25-3)21-16-8-5-12(20)10-15(16)19(22)23/h1,5-8,10-11H,9H2,2-3H3. The van der Waals surface area contributed by atoms with Crippen LogP contribution in [-0.2, 0) is 6.54 Å². The molecule has 0 aliphatic heterocycles. The Hall–Kier alpha value is -2.53. The number of rotatable bonds is 4. The van der Waals surface area contributed by atoms with E-state index in [0.29, 0.717) is 33.8 Å². The predicted octanol–water partition coefficient (Wildman–Crippen LogP) is 3.32. The average Bonchev–Trinajstić information content (AvgIpc) is 2.64. The molecule has 0 spiro atoms. The third kappa shape index (κ3) is 3.20. The molecule has 6 heteroatoms. The number of terminal acetylenes is 1. The monoisotopic (exact) mass is 446 g/mol. The Morgan fingerprint density at radius 2 is 2.00 bits per heavy atom. The number of fused-ring (bicyclic) bond motifs is 1. The van der Waals surface area contributed by atoms with Crippen LogP contribution in [0, 0.1) is 15.9 Å². The summed E-state index contributed by atoms with van der Waals surface area (Å²) < 4.78 is 13.1. The summed E-state index contributed by atoms with van der Waals surface area (Å²) in [4.78, 5) is 17.6. The van der Waals surface area contributed by atoms with Gasteiger partial charge in [0.25, 0.3) is 5.56 Å². The summed E-state index contributed by atoms with van der Waals surface area (Å²) in [5.41, 5.74) is 1.12. The highest BCUT2D eigenvalue weighted by atomic mass is 127. The molecule has 0 aliphatic rings. The zero-order valence-electron chi connectivity index (χ0n) is 13.7. The first-order valence-electron chi connectivity index (χ1n) is 7.45. The molecular weight excluding hydrogens is 431 g/mol. The van der Waals surface area contributed by atoms with Crippen LogP contribution in [0.1, 0.15) is 0 Å². The van der Waals surface area contributed by atoms with Gasteiger partial charge in [-0.1, -0.05) is 5.92 Å². The minimum absolute atomic E-state index is 0.123. The summed E-state index contributed by atoms with van der Waals surface area (Å²) in [7, 11) is 3.14. The molecule has 0 unspecified atom stereocenters. The van der Waals surface area contributed by atoms with E-state index in [1.165, 1.54) is 4.57 Å². The van der Waals surface area contributed by atoms with Gasteiger partial charge in [-0.3, -0.25) is 9.36 Å². The topological polar surface area (TPSA) is 53.4 Å². The highest BCUT2D eigenvalue weighted by Gasteiger charge is 2.16. The summed E-state index contributed by atoms with van der Waals surface area (Å²) in [6, 6.07) is 10.9. The van der Waals surface area contributed by atoms with Gasteiger partial charge in [0.15, 0.2) is 0 Å². The van der Waals surface area contributed by atoms with Crippen molar-refractivity contribution in [1.29, 1.82) is 0 Å². The van der Waals surface area contributed by atoms with Crippen LogP contribution in [-0.4, -0.2) is 23.8 Å². The van der Waals surface area contributed by atoms with Gasteiger partial charge in [0.1, 0.15) is 17.3 Å². The summed E-state index contributed by atoms with van der Waals surface area (Å²) in [6.45, 7) is 0.123. The smallest absolute Gasteiger partial charge is 0.262 e. The molecule has 1 aromatic heterocycles. The van der Waals surface area contributed by atoms with E-state index in [-0.39, 0.29) is 12.1 Å². The van der Waals surface area contributed by atoms with Crippen LogP contribution >= 0.6 is 22.6 Å². The van der Waals surface area contributed by atoms with Crippen molar-refractivity contribution in [2.75, 3.05) is 14.2 Å². The molecule has 0 saturated heterocycles. The minimum atomic E-state index is -0.172. The predicted molar refractivity (Wildman–Crippen MR) is 106 cm³/mol. The Morgan fingerprint density at radius 1 is 1.20 bits per heavy atom. The Morgan fingerprint density at radius 3 is 2.68 bits per heavy atom. The normalized spacial score (nSPS) is 10.5. The van der Waals surface area contributed by atoms with Crippen molar-refractivity contribution in [3.63, 3.8) is 0 Å². The second-order valence-corrected chi connectivity index (χ2v) is 6.50. The van der Waals surface area contributed by atoms with Crippen molar-refractivity contribution in [2.45, 2.75) is 6.54 Å². The third-order valence-corrected chi connectivity index (χ3v) is 4.49. The van der Waals surface area contributed by atoms with Crippen LogP contribution in [0.25, 0.3) is 22.3 Å². The number of benzene rings is 2. The largest absolute Gasteiger partial charge is 0.497 e. The van der Waals surface area contributed by atoms with E-state index in [1.54, 1.807) is 26.4 Å². The number of hydrogen-bond acceptors (Lipinski definition) is 4. The van der Waals surface area contributed by atoms with Crippen LogP contribution < -0.4 is 15.0 Å². The number of aromatic nitrogens is 2. The maximum Gasteiger partial charge on any atom is 0.262 e. The molecular formula is C19H15IN2O3. The van der Waals surface area contributed by atoms with Gasteiger partial charge in [0.2, 0.25) is 0 Å². The summed E-state index contributed by atoms with van der Waals surface area (Å²) in [5.74, 6) is 4.21. The fraction of sp³-hybridized carbons (Fsp3) is 0.158. The van der Waals surface area contributed by atoms with Crippen molar-refractivity contribution < 1.29 is 9.47 Å². The number of methoxy groups -OCH3 is 2. The van der Waals surface area contributed by atoms with Gasteiger partial charge in [-0.05, 0) is 52.9 Å². The van der Waals surface area contributed by atoms with Crippen molar-refractivity contribution in [1.82, 2.24) is 9.55 Å². The van der Waals surface area contributed by atoms with E-state index in [2.05, 4.69) is 33.5 Å². The first-order chi connectivity index (χ1) is 12.1. The lowest BCUT2D eigenvalue weighted by molar-refractivity contribution is 0.395. The van der Waals surface area contributed by atoms with Crippen LogP contribution in [0.2, 0.25) is 0 Å². The lowest BCUT2D eigenvalue weighted by atomic mass is 10.1. The van der Waals surface area contributed by atoms with Gasteiger partial charge in [-0.25, -0.2) is 4.98 Å². The molecule has 25 heavy (non-hydrogen) atoms. The molecule has 0 bridgehead atoms. The number of ether oxygens (including phenoxy) is 2. The molecule has 3 aromatic rings. The van der Waals surface area contributed by atoms with Gasteiger partial charge in [0.05, 0.1) is 37.2 Å². The second-order valence-electron chi connectivity index (χ2n) is 5.26. The number of halogens is 1. The molecule has 0 aliphatic carbocycles. The van der Waals surface area contributed by atoms with Gasteiger partial charge in [0, 0.05) is 9.64 Å². The van der Waals surface area contributed by atoms with E-state index in [1.807, 2.05) is 24.3 Å². The molecule has 2 aromatic carbocycles. The van der Waals surface area contributed by atoms with Crippen LogP contribution in [0.3, 0.4) is 0 Å². The molecule has 0 atom stereocenters. The molecule has 126 valence electrons. The van der Waals surface area contributed by atoms with E-state index in [9.17, 15) is 4.79 Å². The van der Waals surface area contributed by atoms with Crippen molar-refractivity contribution in [3.8, 4) is 35.2 Å². The van der Waals surface area contributed by atoms with Crippen molar-refractivity contribution in [3.05, 3.63) is 50.3 Å². The molecule has 0 saturated carbocycles. The van der Waals surface area contributed by atoms with Crippen LogP contribution in [0.4, 0.5) is 0 Å². The maximum atomic E-state index is 12.9. The van der Waals surface area contributed by atoms with Gasteiger partial charge in [-0.15, -0.1) is 6.42 Å². The summed E-state index contributed by atoms with van der Waals surface area (Å²) in [5, 5.41) is 0.540. The summed E-state index contributed by atoms with van der Waals surface area (Å²) >= 11 is 2.17. The Labute approximate surface area is 158 Å². The Bertz CT molecular complexity index is 1050. The van der Waals surface area contributed by atoms with E-state index in [0.717, 1.165) is 3.57 Å². The zero-order valence-corrected chi connectivity index (χ0v) is 15.9. The number of nitrogens with zero attached hydrogens (tertiary/aromatic N) is 2. The highest BCUT2D eigenvalue weighted by molar-refractivity contribution is 14.1. The van der Waals surface area contributed by atoms with Crippen molar-refractivity contribution in [2.24, 2.45) is 0 Å². The molecule has 0 amide bonds. The lowest BCUT2D eigenvalue weighted by Gasteiger charge is -2.15. The SMILES string of the molecule is C#CCn1c(-c2ccc(OC)cc2OC)nc2ccc(I)cc2c1=O. The van der Waals surface area contributed by atoms with E-state index in [4.69, 9.17) is 15.9 Å². The fourth-order valence-corrected chi connectivity index (χ4v) is 3.11. The lowest BCUT2D eigenvalue weighted by Crippen LogP contribution is -2.23. The fourth-order valence-electron chi connectivity index (χ4n) is 2.62. The average molecular weight is 446 g/mol. The zero-order chi connectivity index (χ0) is 18.0. The molecule has 3 rings (SSSR count). The molecule has 1 heterocycles. The first-order valence-corrected chi connectivity index (χ1v) is 8.53. The van der Waals surface area contributed by atoms with Gasteiger partial charge in [-0.2, -0.15) is 0 Å². The van der Waals surface area contributed by atoms with Crippen LogP contribution in [0.15, 0.2) is 41.2 Å². The first kappa shape index (κ1) is 17.3. The number of hydrogen-bond donors (Lipinski definition) is 0. The molecule has 0 N–H and O–H groups in total. The Kier molecular flexibility index (Phi) is 4.95.